The second-order valence-electron chi connectivity index (χ2n) is 41.8. The summed E-state index contributed by atoms with van der Waals surface area (Å²) in [6.45, 7) is 19.7. The van der Waals surface area contributed by atoms with E-state index in [2.05, 4.69) is 108 Å². The standard InChI is InChI=1S/C124H223N5O6/c1-8-14-20-26-32-38-44-50-56-62-68-74-80-86-92-102-130-116-108-114(109-117(131-103-93-87-81-75-69-63-57-51-45-39-33-27-21-15-9-2)120(116)134-106-96-90-84-78-72-66-60-54-48-42-36-30-24-18-12-5)125-123-127-122(113-100-98-112(7)99-101-113)128-124(129-123)126-115-110-118(132-104-94-88-82-76-70-64-58-52-46-40-34-28-22-16-10-3)121(135-107-97-91-85-79-73-67-61-55-49-43-37-31-25-19-13-6)119(111-115)133-105-95-89-83-77-71-65-59-53-47-41-35-29-23-17-11-4/h98-101,108-111H,8-97,102-107H2,1-7H3,(H2,125,126,127,128,129). The van der Waals surface area contributed by atoms with Crippen molar-refractivity contribution in [3.05, 3.63) is 54.1 Å². The second-order valence-corrected chi connectivity index (χ2v) is 41.8. The first kappa shape index (κ1) is 122. The van der Waals surface area contributed by atoms with Crippen LogP contribution in [-0.2, 0) is 0 Å². The summed E-state index contributed by atoms with van der Waals surface area (Å²) in [5.74, 6) is 5.64. The molecule has 2 N–H and O–H groups in total. The summed E-state index contributed by atoms with van der Waals surface area (Å²) in [5, 5.41) is 7.50. The quantitative estimate of drug-likeness (QED) is 0.0412. The maximum absolute atomic E-state index is 7.02. The van der Waals surface area contributed by atoms with Crippen LogP contribution in [0.4, 0.5) is 23.3 Å². The van der Waals surface area contributed by atoms with E-state index in [0.717, 1.165) is 94.0 Å². The van der Waals surface area contributed by atoms with Crippen molar-refractivity contribution >= 4 is 23.3 Å². The van der Waals surface area contributed by atoms with Crippen LogP contribution in [0.3, 0.4) is 0 Å². The van der Waals surface area contributed by atoms with Gasteiger partial charge in [-0.05, 0) is 45.4 Å². The molecule has 11 heteroatoms. The molecular weight excluding hydrogens is 1660 g/mol. The fraction of sp³-hybridized carbons (Fsp3) is 0.831. The van der Waals surface area contributed by atoms with Crippen molar-refractivity contribution < 1.29 is 28.4 Å². The van der Waals surface area contributed by atoms with Gasteiger partial charge in [-0.25, -0.2) is 0 Å². The summed E-state index contributed by atoms with van der Waals surface area (Å²) in [7, 11) is 0. The summed E-state index contributed by atoms with van der Waals surface area (Å²) < 4.78 is 42.1. The molecule has 0 saturated carbocycles. The summed E-state index contributed by atoms with van der Waals surface area (Å²) >= 11 is 0. The molecule has 780 valence electrons. The second kappa shape index (κ2) is 95.3. The number of ether oxygens (including phenoxy) is 6. The van der Waals surface area contributed by atoms with Gasteiger partial charge >= 0.3 is 0 Å². The van der Waals surface area contributed by atoms with Crippen LogP contribution < -0.4 is 39.1 Å². The number of hydrogen-bond donors (Lipinski definition) is 2. The molecule has 3 aromatic carbocycles. The third-order valence-corrected chi connectivity index (χ3v) is 28.5. The van der Waals surface area contributed by atoms with Gasteiger partial charge in [0.15, 0.2) is 28.8 Å². The van der Waals surface area contributed by atoms with E-state index in [-0.39, 0.29) is 0 Å². The van der Waals surface area contributed by atoms with Gasteiger partial charge in [0.1, 0.15) is 0 Å². The van der Waals surface area contributed by atoms with Gasteiger partial charge in [-0.1, -0.05) is 611 Å². The third-order valence-electron chi connectivity index (χ3n) is 28.5. The zero-order valence-electron chi connectivity index (χ0n) is 90.8. The molecule has 4 aromatic rings. The molecule has 0 amide bonds. The first-order valence-corrected chi connectivity index (χ1v) is 60.4. The molecule has 1 aromatic heterocycles. The Morgan fingerprint density at radius 1 is 0.178 bits per heavy atom. The van der Waals surface area contributed by atoms with Crippen molar-refractivity contribution in [2.75, 3.05) is 50.3 Å². The van der Waals surface area contributed by atoms with Gasteiger partial charge in [0.05, 0.1) is 39.6 Å². The normalized spacial score (nSPS) is 11.5. The van der Waals surface area contributed by atoms with E-state index in [9.17, 15) is 0 Å². The van der Waals surface area contributed by atoms with Crippen LogP contribution in [-0.4, -0.2) is 54.6 Å². The number of nitrogens with zero attached hydrogens (tertiary/aromatic N) is 3. The molecule has 0 aliphatic carbocycles. The molecular formula is C124H223N5O6. The number of nitrogens with one attached hydrogen (secondary N) is 2. The minimum Gasteiger partial charge on any atom is -0.489 e. The summed E-state index contributed by atoms with van der Waals surface area (Å²) in [6, 6.07) is 17.0. The highest BCUT2D eigenvalue weighted by Gasteiger charge is 2.22. The minimum absolute atomic E-state index is 0.411. The molecule has 0 aliphatic heterocycles. The van der Waals surface area contributed by atoms with Crippen molar-refractivity contribution in [3.8, 4) is 45.9 Å². The Kier molecular flexibility index (Phi) is 86.4. The van der Waals surface area contributed by atoms with Crippen LogP contribution in [0.15, 0.2) is 48.5 Å². The molecule has 0 unspecified atom stereocenters. The van der Waals surface area contributed by atoms with E-state index >= 15 is 0 Å². The highest BCUT2D eigenvalue weighted by molar-refractivity contribution is 5.70. The Bertz CT molecular complexity index is 2850. The minimum atomic E-state index is 0.411. The number of benzene rings is 3. The molecule has 0 radical (unpaired) electrons. The lowest BCUT2D eigenvalue weighted by molar-refractivity contribution is 0.234. The van der Waals surface area contributed by atoms with E-state index < -0.39 is 0 Å². The molecule has 0 aliphatic rings. The SMILES string of the molecule is CCCCCCCCCCCCCCCCCOc1cc(Nc2nc(Nc3cc(OCCCCCCCCCCCCCCCCC)c(OCCCCCCCCCCCCCCCCC)c(OCCCCCCCCCCCCCCCCC)c3)nc(-c3ccc(C)cc3)n2)cc(OCCCCCCCCCCCCCCCCC)c1OCCCCCCCCCCCCCCCCC. The highest BCUT2D eigenvalue weighted by atomic mass is 16.5. The topological polar surface area (TPSA) is 118 Å². The molecule has 0 spiro atoms. The van der Waals surface area contributed by atoms with Crippen LogP contribution in [0.2, 0.25) is 0 Å². The number of hydrogen-bond acceptors (Lipinski definition) is 11. The lowest BCUT2D eigenvalue weighted by atomic mass is 10.0. The zero-order chi connectivity index (χ0) is 95.8. The van der Waals surface area contributed by atoms with Crippen LogP contribution in [0.1, 0.15) is 625 Å². The molecule has 0 saturated heterocycles. The van der Waals surface area contributed by atoms with Gasteiger partial charge < -0.3 is 39.1 Å². The molecule has 0 bridgehead atoms. The van der Waals surface area contributed by atoms with Crippen molar-refractivity contribution in [2.24, 2.45) is 0 Å². The van der Waals surface area contributed by atoms with Crippen LogP contribution in [0.5, 0.6) is 34.5 Å². The summed E-state index contributed by atoms with van der Waals surface area (Å²) in [6.07, 6.45) is 119. The average Bonchev–Trinajstić information content (AvgIpc) is 0.802. The Hall–Kier alpha value is -4.93. The molecule has 1 heterocycles. The van der Waals surface area contributed by atoms with Gasteiger partial charge in [-0.2, -0.15) is 15.0 Å². The predicted octanol–water partition coefficient (Wildman–Crippen LogP) is 42.8. The highest BCUT2D eigenvalue weighted by Crippen LogP contribution is 2.45. The van der Waals surface area contributed by atoms with Gasteiger partial charge in [0, 0.05) is 41.2 Å². The summed E-state index contributed by atoms with van der Waals surface area (Å²) in [5.41, 5.74) is 3.63. The lowest BCUT2D eigenvalue weighted by Crippen LogP contribution is -2.09. The average molecular weight is 1880 g/mol. The Morgan fingerprint density at radius 3 is 0.489 bits per heavy atom. The number of rotatable bonds is 107. The smallest absolute Gasteiger partial charge is 0.232 e. The van der Waals surface area contributed by atoms with Crippen molar-refractivity contribution in [1.29, 1.82) is 0 Å². The van der Waals surface area contributed by atoms with Gasteiger partial charge in [-0.3, -0.25) is 0 Å². The van der Waals surface area contributed by atoms with Gasteiger partial charge in [-0.15, -0.1) is 0 Å². The van der Waals surface area contributed by atoms with Crippen molar-refractivity contribution in [1.82, 2.24) is 15.0 Å². The van der Waals surface area contributed by atoms with E-state index in [1.54, 1.807) is 0 Å². The molecule has 4 rings (SSSR count). The fourth-order valence-corrected chi connectivity index (χ4v) is 19.5. The molecule has 11 nitrogen and oxygen atoms in total. The molecule has 0 atom stereocenters. The number of aryl methyl sites for hydroxylation is 1. The van der Waals surface area contributed by atoms with E-state index in [1.807, 2.05) is 0 Å². The van der Waals surface area contributed by atoms with E-state index in [1.165, 1.54) is 506 Å². The van der Waals surface area contributed by atoms with Gasteiger partial charge in [0.25, 0.3) is 0 Å². The Morgan fingerprint density at radius 2 is 0.326 bits per heavy atom. The molecule has 135 heavy (non-hydrogen) atoms. The van der Waals surface area contributed by atoms with Crippen LogP contribution in [0, 0.1) is 6.92 Å². The maximum atomic E-state index is 7.02. The van der Waals surface area contributed by atoms with Crippen LogP contribution >= 0.6 is 0 Å². The first-order chi connectivity index (χ1) is 66.9. The fourth-order valence-electron chi connectivity index (χ4n) is 19.5. The van der Waals surface area contributed by atoms with E-state index in [0.29, 0.717) is 91.9 Å². The van der Waals surface area contributed by atoms with E-state index in [4.69, 9.17) is 43.4 Å². The Labute approximate surface area is 838 Å². The lowest BCUT2D eigenvalue weighted by Gasteiger charge is -2.20. The largest absolute Gasteiger partial charge is 0.489 e. The predicted molar refractivity (Wildman–Crippen MR) is 592 cm³/mol. The third kappa shape index (κ3) is 72.9. The summed E-state index contributed by atoms with van der Waals surface area (Å²) in [4.78, 5) is 15.8. The zero-order valence-corrected chi connectivity index (χ0v) is 90.8. The van der Waals surface area contributed by atoms with Crippen molar-refractivity contribution in [2.45, 2.75) is 626 Å². The number of aromatic nitrogens is 3. The monoisotopic (exact) mass is 1880 g/mol. The van der Waals surface area contributed by atoms with Gasteiger partial charge in [0.2, 0.25) is 23.4 Å². The number of anilines is 4. The van der Waals surface area contributed by atoms with Crippen LogP contribution in [0.25, 0.3) is 11.4 Å². The first-order valence-electron chi connectivity index (χ1n) is 60.4. The number of unbranched alkanes of at least 4 members (excludes halogenated alkanes) is 84. The maximum Gasteiger partial charge on any atom is 0.232 e. The Balaban J connectivity index is 1.69. The molecule has 0 fully saturated rings. The van der Waals surface area contributed by atoms with Crippen molar-refractivity contribution in [3.63, 3.8) is 0 Å².